The summed E-state index contributed by atoms with van der Waals surface area (Å²) >= 11 is 0. The van der Waals surface area contributed by atoms with Gasteiger partial charge >= 0.3 is 5.97 Å². The topological polar surface area (TPSA) is 67.2 Å². The van der Waals surface area contributed by atoms with Gasteiger partial charge in [-0.15, -0.1) is 0 Å². The molecule has 0 saturated carbocycles. The van der Waals surface area contributed by atoms with Gasteiger partial charge in [-0.3, -0.25) is 0 Å². The molecule has 2 heterocycles. The van der Waals surface area contributed by atoms with Crippen molar-refractivity contribution in [1.29, 1.82) is 0 Å². The van der Waals surface area contributed by atoms with Crippen LogP contribution in [-0.2, 0) is 11.8 Å². The van der Waals surface area contributed by atoms with Gasteiger partial charge < -0.3 is 10.4 Å². The summed E-state index contributed by atoms with van der Waals surface area (Å²) in [5, 5.41) is 17.4. The van der Waals surface area contributed by atoms with Crippen molar-refractivity contribution in [2.75, 3.05) is 11.9 Å². The maximum atomic E-state index is 11.0. The van der Waals surface area contributed by atoms with Gasteiger partial charge in [-0.25, -0.2) is 9.48 Å². The van der Waals surface area contributed by atoms with Crippen molar-refractivity contribution in [3.05, 3.63) is 41.1 Å². The number of anilines is 1. The van der Waals surface area contributed by atoms with Crippen LogP contribution in [0.2, 0.25) is 0 Å². The van der Waals surface area contributed by atoms with Crippen LogP contribution in [0.5, 0.6) is 0 Å². The van der Waals surface area contributed by atoms with Gasteiger partial charge in [-0.2, -0.15) is 5.10 Å². The van der Waals surface area contributed by atoms with Gasteiger partial charge in [-0.05, 0) is 43.5 Å². The molecule has 5 heteroatoms. The van der Waals surface area contributed by atoms with E-state index in [9.17, 15) is 4.79 Å². The Kier molecular flexibility index (Phi) is 3.88. The van der Waals surface area contributed by atoms with Crippen LogP contribution in [0.15, 0.2) is 24.3 Å². The highest BCUT2D eigenvalue weighted by atomic mass is 16.4. The van der Waals surface area contributed by atoms with E-state index in [2.05, 4.69) is 26.1 Å². The fraction of sp³-hybridized carbons (Fsp3) is 0.444. The smallest absolute Gasteiger partial charge is 0.335 e. The monoisotopic (exact) mass is 313 g/mol. The van der Waals surface area contributed by atoms with Crippen LogP contribution in [0.3, 0.4) is 0 Å². The number of aromatic carboxylic acids is 1. The molecule has 5 nitrogen and oxygen atoms in total. The maximum Gasteiger partial charge on any atom is 0.335 e. The van der Waals surface area contributed by atoms with Gasteiger partial charge in [0.2, 0.25) is 0 Å². The quantitative estimate of drug-likeness (QED) is 0.888. The molecule has 1 aliphatic rings. The third-order valence-electron chi connectivity index (χ3n) is 4.20. The van der Waals surface area contributed by atoms with Crippen LogP contribution in [0.4, 0.5) is 5.82 Å². The first-order chi connectivity index (χ1) is 10.9. The van der Waals surface area contributed by atoms with Gasteiger partial charge in [0.05, 0.1) is 16.9 Å². The average molecular weight is 313 g/mol. The molecule has 0 radical (unpaired) electrons. The molecule has 23 heavy (non-hydrogen) atoms. The zero-order valence-corrected chi connectivity index (χ0v) is 13.9. The number of aromatic nitrogens is 2. The maximum absolute atomic E-state index is 11.0. The van der Waals surface area contributed by atoms with Crippen molar-refractivity contribution in [2.24, 2.45) is 0 Å². The SMILES string of the molecule is CC(C)(C)c1nn(-c2ccc(C(=O)O)cc2)c2c1CCCCN2. The van der Waals surface area contributed by atoms with Crippen LogP contribution in [0.25, 0.3) is 5.69 Å². The van der Waals surface area contributed by atoms with E-state index < -0.39 is 5.97 Å². The van der Waals surface area contributed by atoms with E-state index in [4.69, 9.17) is 10.2 Å². The first-order valence-electron chi connectivity index (χ1n) is 8.08. The number of hydrogen-bond acceptors (Lipinski definition) is 3. The molecule has 0 atom stereocenters. The van der Waals surface area contributed by atoms with E-state index in [0.717, 1.165) is 43.0 Å². The van der Waals surface area contributed by atoms with Gasteiger partial charge in [0.15, 0.2) is 0 Å². The molecule has 1 aromatic heterocycles. The van der Waals surface area contributed by atoms with Crippen molar-refractivity contribution < 1.29 is 9.90 Å². The summed E-state index contributed by atoms with van der Waals surface area (Å²) in [6.07, 6.45) is 3.34. The summed E-state index contributed by atoms with van der Waals surface area (Å²) in [6, 6.07) is 6.88. The molecular weight excluding hydrogens is 290 g/mol. The third kappa shape index (κ3) is 2.96. The Morgan fingerprint density at radius 2 is 1.91 bits per heavy atom. The highest BCUT2D eigenvalue weighted by Gasteiger charge is 2.27. The number of carbonyl (C=O) groups is 1. The Balaban J connectivity index is 2.11. The highest BCUT2D eigenvalue weighted by Crippen LogP contribution is 2.34. The lowest BCUT2D eigenvalue weighted by molar-refractivity contribution is 0.0697. The average Bonchev–Trinajstić information content (AvgIpc) is 2.70. The van der Waals surface area contributed by atoms with Crippen LogP contribution in [0, 0.1) is 0 Å². The van der Waals surface area contributed by atoms with Gasteiger partial charge in [-0.1, -0.05) is 20.8 Å². The Hall–Kier alpha value is -2.30. The third-order valence-corrected chi connectivity index (χ3v) is 4.20. The minimum atomic E-state index is -0.913. The number of nitrogens with zero attached hydrogens (tertiary/aromatic N) is 2. The van der Waals surface area contributed by atoms with E-state index in [1.807, 2.05) is 16.8 Å². The lowest BCUT2D eigenvalue weighted by Crippen LogP contribution is -2.15. The van der Waals surface area contributed by atoms with Crippen molar-refractivity contribution in [3.8, 4) is 5.69 Å². The minimum Gasteiger partial charge on any atom is -0.478 e. The van der Waals surface area contributed by atoms with E-state index in [1.54, 1.807) is 12.1 Å². The first-order valence-corrected chi connectivity index (χ1v) is 8.08. The highest BCUT2D eigenvalue weighted by molar-refractivity contribution is 5.87. The first kappa shape index (κ1) is 15.6. The Labute approximate surface area is 136 Å². The van der Waals surface area contributed by atoms with Crippen molar-refractivity contribution in [2.45, 2.75) is 45.4 Å². The molecule has 0 amide bonds. The lowest BCUT2D eigenvalue weighted by atomic mass is 9.88. The summed E-state index contributed by atoms with van der Waals surface area (Å²) in [5.41, 5.74) is 3.55. The number of carboxylic acids is 1. The zero-order chi connectivity index (χ0) is 16.6. The molecule has 122 valence electrons. The lowest BCUT2D eigenvalue weighted by Gasteiger charge is -2.17. The van der Waals surface area contributed by atoms with Crippen LogP contribution in [-0.4, -0.2) is 27.4 Å². The van der Waals surface area contributed by atoms with E-state index in [1.165, 1.54) is 5.56 Å². The Bertz CT molecular complexity index is 724. The number of carboxylic acid groups (broad SMARTS) is 1. The Morgan fingerprint density at radius 3 is 2.52 bits per heavy atom. The van der Waals surface area contributed by atoms with Crippen LogP contribution >= 0.6 is 0 Å². The summed E-state index contributed by atoms with van der Waals surface area (Å²) in [4.78, 5) is 11.0. The summed E-state index contributed by atoms with van der Waals surface area (Å²) in [7, 11) is 0. The van der Waals surface area contributed by atoms with E-state index >= 15 is 0 Å². The predicted octanol–water partition coefficient (Wildman–Crippen LogP) is 3.62. The molecule has 1 aromatic carbocycles. The molecule has 0 aliphatic carbocycles. The predicted molar refractivity (Wildman–Crippen MR) is 90.7 cm³/mol. The fourth-order valence-corrected chi connectivity index (χ4v) is 3.04. The number of nitrogens with one attached hydrogen (secondary N) is 1. The number of hydrogen-bond donors (Lipinski definition) is 2. The van der Waals surface area contributed by atoms with Crippen LogP contribution in [0.1, 0.15) is 55.2 Å². The molecule has 0 unspecified atom stereocenters. The summed E-state index contributed by atoms with van der Waals surface area (Å²) < 4.78 is 1.92. The molecule has 1 aliphatic heterocycles. The summed E-state index contributed by atoms with van der Waals surface area (Å²) in [5.74, 6) is 0.139. The van der Waals surface area contributed by atoms with Gasteiger partial charge in [0.25, 0.3) is 0 Å². The zero-order valence-electron chi connectivity index (χ0n) is 13.9. The molecule has 0 saturated heterocycles. The standard InChI is InChI=1S/C18H23N3O2/c1-18(2,3)15-14-6-4-5-11-19-16(14)21(20-15)13-9-7-12(8-10-13)17(22)23/h7-10,19H,4-6,11H2,1-3H3,(H,22,23). The molecule has 0 fully saturated rings. The largest absolute Gasteiger partial charge is 0.478 e. The van der Waals surface area contributed by atoms with Gasteiger partial charge in [0.1, 0.15) is 5.82 Å². The second kappa shape index (κ2) is 5.72. The fourth-order valence-electron chi connectivity index (χ4n) is 3.04. The normalized spacial score (nSPS) is 14.7. The minimum absolute atomic E-state index is 0.0254. The second-order valence-electron chi connectivity index (χ2n) is 7.07. The van der Waals surface area contributed by atoms with Gasteiger partial charge in [0, 0.05) is 17.5 Å². The number of benzene rings is 1. The number of fused-ring (bicyclic) bond motifs is 1. The molecule has 2 aromatic rings. The molecule has 3 rings (SSSR count). The van der Waals surface area contributed by atoms with E-state index in [0.29, 0.717) is 0 Å². The van der Waals surface area contributed by atoms with Crippen molar-refractivity contribution in [3.63, 3.8) is 0 Å². The molecular formula is C18H23N3O2. The molecule has 0 spiro atoms. The van der Waals surface area contributed by atoms with Crippen molar-refractivity contribution in [1.82, 2.24) is 9.78 Å². The second-order valence-corrected chi connectivity index (χ2v) is 7.07. The molecule has 2 N–H and O–H groups in total. The Morgan fingerprint density at radius 1 is 1.22 bits per heavy atom. The van der Waals surface area contributed by atoms with E-state index in [-0.39, 0.29) is 11.0 Å². The number of rotatable bonds is 2. The van der Waals surface area contributed by atoms with Crippen LogP contribution < -0.4 is 5.32 Å². The summed E-state index contributed by atoms with van der Waals surface area (Å²) in [6.45, 7) is 7.48. The van der Waals surface area contributed by atoms with Crippen molar-refractivity contribution >= 4 is 11.8 Å². The molecule has 0 bridgehead atoms.